The summed E-state index contributed by atoms with van der Waals surface area (Å²) in [7, 11) is 0. The lowest BCUT2D eigenvalue weighted by Crippen LogP contribution is -2.41. The van der Waals surface area contributed by atoms with Crippen molar-refractivity contribution in [1.29, 1.82) is 0 Å². The molecule has 0 unspecified atom stereocenters. The Hall–Kier alpha value is -2.10. The first-order valence-electron chi connectivity index (χ1n) is 7.44. The molecule has 1 aromatic heterocycles. The van der Waals surface area contributed by atoms with Gasteiger partial charge in [0.05, 0.1) is 5.69 Å². The van der Waals surface area contributed by atoms with Crippen molar-refractivity contribution >= 4 is 5.91 Å². The minimum absolute atomic E-state index is 0.0292. The van der Waals surface area contributed by atoms with Crippen LogP contribution in [0.15, 0.2) is 24.4 Å². The van der Waals surface area contributed by atoms with E-state index in [4.69, 9.17) is 0 Å². The lowest BCUT2D eigenvalue weighted by atomic mass is 10.0. The maximum absolute atomic E-state index is 12.5. The highest BCUT2D eigenvalue weighted by molar-refractivity contribution is 5.96. The van der Waals surface area contributed by atoms with Crippen LogP contribution in [-0.4, -0.2) is 21.5 Å². The van der Waals surface area contributed by atoms with E-state index in [1.165, 1.54) is 0 Å². The number of amides is 1. The summed E-state index contributed by atoms with van der Waals surface area (Å²) in [5, 5.41) is 3.17. The van der Waals surface area contributed by atoms with Gasteiger partial charge >= 0.3 is 0 Å². The molecule has 1 aliphatic rings. The molecule has 0 aliphatic carbocycles. The summed E-state index contributed by atoms with van der Waals surface area (Å²) in [5.74, 6) is 1.16. The molecule has 1 amide bonds. The molecule has 1 aliphatic heterocycles. The summed E-state index contributed by atoms with van der Waals surface area (Å²) in [5.41, 5.74) is 4.04. The van der Waals surface area contributed by atoms with Crippen LogP contribution in [0.1, 0.15) is 39.4 Å². The van der Waals surface area contributed by atoms with Crippen molar-refractivity contribution in [2.45, 2.75) is 46.2 Å². The second-order valence-electron chi connectivity index (χ2n) is 5.91. The van der Waals surface area contributed by atoms with Crippen LogP contribution in [-0.2, 0) is 13.0 Å². The van der Waals surface area contributed by atoms with Crippen LogP contribution in [0.5, 0.6) is 0 Å². The van der Waals surface area contributed by atoms with Gasteiger partial charge in [0.2, 0.25) is 0 Å². The molecule has 3 rings (SSSR count). The quantitative estimate of drug-likeness (QED) is 0.920. The summed E-state index contributed by atoms with van der Waals surface area (Å²) in [6, 6.07) is 6.05. The number of carbonyl (C=O) groups is 1. The number of fused-ring (bicyclic) bond motifs is 1. The monoisotopic (exact) mass is 283 g/mol. The minimum Gasteiger partial charge on any atom is -0.347 e. The van der Waals surface area contributed by atoms with Crippen LogP contribution in [0.25, 0.3) is 0 Å². The fourth-order valence-electron chi connectivity index (χ4n) is 2.96. The van der Waals surface area contributed by atoms with Gasteiger partial charge in [-0.15, -0.1) is 0 Å². The van der Waals surface area contributed by atoms with Crippen molar-refractivity contribution in [2.24, 2.45) is 0 Å². The van der Waals surface area contributed by atoms with Crippen molar-refractivity contribution < 1.29 is 4.79 Å². The van der Waals surface area contributed by atoms with Gasteiger partial charge in [0.1, 0.15) is 5.82 Å². The highest BCUT2D eigenvalue weighted by Gasteiger charge is 2.22. The third-order valence-electron chi connectivity index (χ3n) is 4.30. The average Bonchev–Trinajstić information content (AvgIpc) is 2.81. The summed E-state index contributed by atoms with van der Waals surface area (Å²) in [6.07, 6.45) is 3.93. The molecule has 2 heterocycles. The Morgan fingerprint density at radius 3 is 2.95 bits per heavy atom. The Kier molecular flexibility index (Phi) is 3.53. The second-order valence-corrected chi connectivity index (χ2v) is 5.91. The largest absolute Gasteiger partial charge is 0.347 e. The molecular formula is C17H21N3O. The van der Waals surface area contributed by atoms with E-state index in [1.54, 1.807) is 0 Å². The van der Waals surface area contributed by atoms with E-state index in [0.717, 1.165) is 47.6 Å². The predicted octanol–water partition coefficient (Wildman–Crippen LogP) is 2.55. The number of carbonyl (C=O) groups excluding carboxylic acids is 1. The number of aryl methyl sites for hydroxylation is 3. The predicted molar refractivity (Wildman–Crippen MR) is 82.5 cm³/mol. The number of benzene rings is 1. The van der Waals surface area contributed by atoms with E-state index in [-0.39, 0.29) is 11.9 Å². The molecule has 1 aromatic carbocycles. The van der Waals surface area contributed by atoms with Crippen LogP contribution in [0.4, 0.5) is 0 Å². The minimum atomic E-state index is 0.0292. The lowest BCUT2D eigenvalue weighted by Gasteiger charge is -2.25. The number of hydrogen-bond acceptors (Lipinski definition) is 2. The van der Waals surface area contributed by atoms with E-state index in [0.29, 0.717) is 0 Å². The molecule has 0 saturated heterocycles. The summed E-state index contributed by atoms with van der Waals surface area (Å²) >= 11 is 0. The van der Waals surface area contributed by atoms with E-state index in [9.17, 15) is 4.79 Å². The number of aromatic nitrogens is 2. The zero-order chi connectivity index (χ0) is 15.0. The zero-order valence-corrected chi connectivity index (χ0v) is 12.8. The van der Waals surface area contributed by atoms with E-state index in [2.05, 4.69) is 21.1 Å². The van der Waals surface area contributed by atoms with Crippen molar-refractivity contribution in [1.82, 2.24) is 14.9 Å². The van der Waals surface area contributed by atoms with Crippen molar-refractivity contribution in [3.63, 3.8) is 0 Å². The number of nitrogens with one attached hydrogen (secondary N) is 1. The first-order valence-corrected chi connectivity index (χ1v) is 7.44. The highest BCUT2D eigenvalue weighted by atomic mass is 16.1. The molecule has 0 fully saturated rings. The molecule has 110 valence electrons. The molecule has 21 heavy (non-hydrogen) atoms. The number of rotatable bonds is 2. The van der Waals surface area contributed by atoms with Crippen LogP contribution in [0.3, 0.4) is 0 Å². The van der Waals surface area contributed by atoms with Crippen molar-refractivity contribution in [2.75, 3.05) is 0 Å². The van der Waals surface area contributed by atoms with Crippen LogP contribution in [0, 0.1) is 20.8 Å². The molecule has 1 atom stereocenters. The van der Waals surface area contributed by atoms with Gasteiger partial charge in [-0.1, -0.05) is 12.1 Å². The third-order valence-corrected chi connectivity index (χ3v) is 4.30. The molecule has 0 radical (unpaired) electrons. The van der Waals surface area contributed by atoms with Gasteiger partial charge in [-0.25, -0.2) is 4.98 Å². The van der Waals surface area contributed by atoms with Gasteiger partial charge < -0.3 is 9.88 Å². The standard InChI is InChI=1S/C17H21N3O/c1-11-5-4-6-15(13(11)3)17(21)19-14-7-8-16-18-12(2)9-20(16)10-14/h4-6,9,14H,7-8,10H2,1-3H3,(H,19,21)/t14-/m0/s1. The Morgan fingerprint density at radius 1 is 1.33 bits per heavy atom. The van der Waals surface area contributed by atoms with E-state index in [1.807, 2.05) is 39.0 Å². The second kappa shape index (κ2) is 5.35. The maximum atomic E-state index is 12.5. The lowest BCUT2D eigenvalue weighted by molar-refractivity contribution is 0.0927. The first-order chi connectivity index (χ1) is 10.0. The normalized spacial score (nSPS) is 17.4. The maximum Gasteiger partial charge on any atom is 0.251 e. The molecule has 0 spiro atoms. The molecule has 1 N–H and O–H groups in total. The Labute approximate surface area is 125 Å². The fraction of sp³-hybridized carbons (Fsp3) is 0.412. The fourth-order valence-corrected chi connectivity index (χ4v) is 2.96. The van der Waals surface area contributed by atoms with E-state index < -0.39 is 0 Å². The van der Waals surface area contributed by atoms with Crippen molar-refractivity contribution in [3.05, 3.63) is 52.6 Å². The molecule has 0 bridgehead atoms. The Balaban J connectivity index is 1.73. The molecule has 4 nitrogen and oxygen atoms in total. The van der Waals surface area contributed by atoms with E-state index >= 15 is 0 Å². The van der Waals surface area contributed by atoms with Crippen LogP contribution in [0.2, 0.25) is 0 Å². The van der Waals surface area contributed by atoms with Gasteiger partial charge in [0, 0.05) is 30.8 Å². The number of nitrogens with zero attached hydrogens (tertiary/aromatic N) is 2. The first kappa shape index (κ1) is 13.9. The molecule has 4 heteroatoms. The van der Waals surface area contributed by atoms with Gasteiger partial charge in [-0.3, -0.25) is 4.79 Å². The molecule has 2 aromatic rings. The summed E-state index contributed by atoms with van der Waals surface area (Å²) in [4.78, 5) is 17.0. The SMILES string of the molecule is Cc1cn2c(n1)CC[C@H](NC(=O)c1cccc(C)c1C)C2. The number of imidazole rings is 1. The van der Waals surface area contributed by atoms with Crippen LogP contribution < -0.4 is 5.32 Å². The van der Waals surface area contributed by atoms with Gasteiger partial charge in [-0.05, 0) is 44.4 Å². The summed E-state index contributed by atoms with van der Waals surface area (Å²) < 4.78 is 2.16. The number of hydrogen-bond donors (Lipinski definition) is 1. The third kappa shape index (κ3) is 2.71. The van der Waals surface area contributed by atoms with Gasteiger partial charge in [0.25, 0.3) is 5.91 Å². The highest BCUT2D eigenvalue weighted by Crippen LogP contribution is 2.17. The average molecular weight is 283 g/mol. The Bertz CT molecular complexity index is 687. The molecular weight excluding hydrogens is 262 g/mol. The summed E-state index contributed by atoms with van der Waals surface area (Å²) in [6.45, 7) is 6.86. The zero-order valence-electron chi connectivity index (χ0n) is 12.8. The smallest absolute Gasteiger partial charge is 0.251 e. The van der Waals surface area contributed by atoms with Gasteiger partial charge in [-0.2, -0.15) is 0 Å². The van der Waals surface area contributed by atoms with Gasteiger partial charge in [0.15, 0.2) is 0 Å². The Morgan fingerprint density at radius 2 is 2.14 bits per heavy atom. The topological polar surface area (TPSA) is 46.9 Å². The van der Waals surface area contributed by atoms with Crippen molar-refractivity contribution in [3.8, 4) is 0 Å². The van der Waals surface area contributed by atoms with Crippen LogP contribution >= 0.6 is 0 Å². The molecule has 0 saturated carbocycles.